The van der Waals surface area contributed by atoms with E-state index in [1.165, 1.54) is 24.3 Å². The van der Waals surface area contributed by atoms with Gasteiger partial charge >= 0.3 is 12.1 Å². The van der Waals surface area contributed by atoms with Crippen LogP contribution in [0.5, 0.6) is 5.75 Å². The van der Waals surface area contributed by atoms with Crippen LogP contribution in [-0.4, -0.2) is 57.7 Å². The fourth-order valence-electron chi connectivity index (χ4n) is 3.62. The summed E-state index contributed by atoms with van der Waals surface area (Å²) in [5, 5.41) is 15.1. The molecule has 3 N–H and O–H groups in total. The van der Waals surface area contributed by atoms with Crippen LogP contribution in [0, 0.1) is 12.5 Å². The number of nitrogens with one attached hydrogen (secondary N) is 2. The molecule has 0 aliphatic heterocycles. The second kappa shape index (κ2) is 13.5. The quantitative estimate of drug-likeness (QED) is 0.247. The number of terminal acetylenes is 1. The molecule has 40 heavy (non-hydrogen) atoms. The Labute approximate surface area is 235 Å². The van der Waals surface area contributed by atoms with Crippen LogP contribution in [0.15, 0.2) is 54.6 Å². The van der Waals surface area contributed by atoms with Gasteiger partial charge in [-0.1, -0.05) is 48.9 Å². The normalized spacial score (nSPS) is 12.7. The summed E-state index contributed by atoms with van der Waals surface area (Å²) in [7, 11) is 0. The zero-order valence-corrected chi connectivity index (χ0v) is 23.7. The highest BCUT2D eigenvalue weighted by Crippen LogP contribution is 2.25. The first kappa shape index (κ1) is 31.7. The number of carbonyl (C=O) groups is 4. The fourth-order valence-corrected chi connectivity index (χ4v) is 3.62. The topological polar surface area (TPSA) is 134 Å². The molecular weight excluding hydrogens is 514 g/mol. The molecule has 2 atom stereocenters. The molecule has 0 bridgehead atoms. The van der Waals surface area contributed by atoms with E-state index in [1.54, 1.807) is 65.8 Å². The van der Waals surface area contributed by atoms with Gasteiger partial charge in [-0.05, 0) is 64.8 Å². The van der Waals surface area contributed by atoms with Crippen LogP contribution < -0.4 is 10.6 Å². The van der Waals surface area contributed by atoms with Crippen LogP contribution in [0.4, 0.5) is 4.79 Å². The molecule has 2 aromatic carbocycles. The number of amides is 3. The number of esters is 1. The molecule has 10 heteroatoms. The van der Waals surface area contributed by atoms with Crippen LogP contribution >= 0.6 is 0 Å². The summed E-state index contributed by atoms with van der Waals surface area (Å²) < 4.78 is 10.7. The Kier molecular flexibility index (Phi) is 10.7. The lowest BCUT2D eigenvalue weighted by Crippen LogP contribution is -2.51. The second-order valence-electron chi connectivity index (χ2n) is 11.0. The third-order valence-corrected chi connectivity index (χ3v) is 5.17. The van der Waals surface area contributed by atoms with Gasteiger partial charge in [-0.2, -0.15) is 0 Å². The Morgan fingerprint density at radius 3 is 2.12 bits per heavy atom. The van der Waals surface area contributed by atoms with Crippen LogP contribution in [-0.2, 0) is 30.3 Å². The third-order valence-electron chi connectivity index (χ3n) is 5.17. The third kappa shape index (κ3) is 10.3. The molecule has 0 aliphatic carbocycles. The van der Waals surface area contributed by atoms with E-state index >= 15 is 0 Å². The lowest BCUT2D eigenvalue weighted by Gasteiger charge is -2.29. The summed E-state index contributed by atoms with van der Waals surface area (Å²) in [6, 6.07) is 14.3. The largest absolute Gasteiger partial charge is 0.508 e. The van der Waals surface area contributed by atoms with E-state index in [1.807, 2.05) is 6.07 Å². The summed E-state index contributed by atoms with van der Waals surface area (Å²) in [5.74, 6) is -2.43. The van der Waals surface area contributed by atoms with Gasteiger partial charge in [-0.3, -0.25) is 14.5 Å². The predicted octanol–water partition coefficient (Wildman–Crippen LogP) is 3.45. The van der Waals surface area contributed by atoms with Crippen molar-refractivity contribution in [2.45, 2.75) is 71.2 Å². The summed E-state index contributed by atoms with van der Waals surface area (Å²) in [6.45, 7) is 9.55. The van der Waals surface area contributed by atoms with Crippen molar-refractivity contribution in [3.63, 3.8) is 0 Å². The van der Waals surface area contributed by atoms with Gasteiger partial charge in [-0.15, -0.1) is 0 Å². The molecule has 0 fully saturated rings. The first-order valence-electron chi connectivity index (χ1n) is 12.7. The van der Waals surface area contributed by atoms with Gasteiger partial charge in [0.15, 0.2) is 0 Å². The van der Waals surface area contributed by atoms with Gasteiger partial charge in [0, 0.05) is 12.5 Å². The first-order valence-corrected chi connectivity index (χ1v) is 12.7. The molecule has 214 valence electrons. The molecule has 0 saturated carbocycles. The van der Waals surface area contributed by atoms with Gasteiger partial charge < -0.3 is 25.2 Å². The molecule has 0 heterocycles. The first-order chi connectivity index (χ1) is 18.6. The molecule has 10 nitrogen and oxygen atoms in total. The minimum atomic E-state index is -1.45. The summed E-state index contributed by atoms with van der Waals surface area (Å²) in [6.07, 6.45) is 4.94. The van der Waals surface area contributed by atoms with Gasteiger partial charge in [-0.25, -0.2) is 9.59 Å². The maximum atomic E-state index is 13.8. The van der Waals surface area contributed by atoms with Crippen molar-refractivity contribution in [2.75, 3.05) is 6.54 Å². The van der Waals surface area contributed by atoms with Crippen molar-refractivity contribution in [1.29, 1.82) is 0 Å². The van der Waals surface area contributed by atoms with E-state index in [-0.39, 0.29) is 17.7 Å². The van der Waals surface area contributed by atoms with Crippen molar-refractivity contribution in [2.24, 2.45) is 0 Å². The lowest BCUT2D eigenvalue weighted by atomic mass is 10.0. The standard InChI is InChI=1S/C30H37N3O7/c1-8-33(24(35)19-31-28(38)40-30(5,6)7)25(21-15-12-16-22(34)18-21)26(36)32-23(27(37)39-29(2,3)4)17-20-13-10-9-11-14-20/h1,9-16,18,23,25,34H,17,19H2,2-7H3,(H,31,38)(H,32,36). The average molecular weight is 552 g/mol. The number of hydrogen-bond acceptors (Lipinski definition) is 7. The Bertz CT molecular complexity index is 1240. The number of benzene rings is 2. The number of nitrogens with zero attached hydrogens (tertiary/aromatic N) is 1. The van der Waals surface area contributed by atoms with Gasteiger partial charge in [0.2, 0.25) is 5.91 Å². The number of phenols is 1. The molecule has 2 unspecified atom stereocenters. The predicted molar refractivity (Wildman–Crippen MR) is 149 cm³/mol. The fraction of sp³-hybridized carbons (Fsp3) is 0.400. The molecular formula is C30H37N3O7. The molecule has 0 spiro atoms. The van der Waals surface area contributed by atoms with Crippen molar-refractivity contribution < 1.29 is 33.8 Å². The number of carbonyl (C=O) groups excluding carboxylic acids is 4. The van der Waals surface area contributed by atoms with E-state index in [0.29, 0.717) is 0 Å². The van der Waals surface area contributed by atoms with E-state index < -0.39 is 53.7 Å². The number of ether oxygens (including phenoxy) is 2. The maximum absolute atomic E-state index is 13.8. The van der Waals surface area contributed by atoms with Crippen molar-refractivity contribution >= 4 is 23.9 Å². The van der Waals surface area contributed by atoms with Crippen LogP contribution in [0.25, 0.3) is 0 Å². The van der Waals surface area contributed by atoms with Crippen molar-refractivity contribution in [1.82, 2.24) is 15.5 Å². The molecule has 2 aromatic rings. The molecule has 2 rings (SSSR count). The van der Waals surface area contributed by atoms with Crippen LogP contribution in [0.1, 0.15) is 58.7 Å². The monoisotopic (exact) mass is 551 g/mol. The zero-order chi connectivity index (χ0) is 30.1. The van der Waals surface area contributed by atoms with Crippen LogP contribution in [0.2, 0.25) is 0 Å². The number of aromatic hydroxyl groups is 1. The Hall–Kier alpha value is -4.52. The second-order valence-corrected chi connectivity index (χ2v) is 11.0. The molecule has 0 saturated heterocycles. The molecule has 0 radical (unpaired) electrons. The smallest absolute Gasteiger partial charge is 0.408 e. The highest BCUT2D eigenvalue weighted by Gasteiger charge is 2.35. The number of alkyl carbamates (subject to hydrolysis) is 1. The van der Waals surface area contributed by atoms with Gasteiger partial charge in [0.05, 0.1) is 0 Å². The Morgan fingerprint density at radius 1 is 0.950 bits per heavy atom. The summed E-state index contributed by atoms with van der Waals surface area (Å²) >= 11 is 0. The SMILES string of the molecule is C#CN(C(=O)CNC(=O)OC(C)(C)C)C(C(=O)NC(Cc1ccccc1)C(=O)OC(C)(C)C)c1cccc(O)c1. The lowest BCUT2D eigenvalue weighted by molar-refractivity contribution is -0.159. The van der Waals surface area contributed by atoms with Gasteiger partial charge in [0.25, 0.3) is 5.91 Å². The highest BCUT2D eigenvalue weighted by atomic mass is 16.6. The maximum Gasteiger partial charge on any atom is 0.408 e. The molecule has 0 aromatic heterocycles. The molecule has 3 amide bonds. The minimum absolute atomic E-state index is 0.110. The highest BCUT2D eigenvalue weighted by molar-refractivity contribution is 5.93. The minimum Gasteiger partial charge on any atom is -0.508 e. The van der Waals surface area contributed by atoms with Gasteiger partial charge in [0.1, 0.15) is 35.6 Å². The number of hydrogen-bond donors (Lipinski definition) is 3. The molecule has 0 aliphatic rings. The summed E-state index contributed by atoms with van der Waals surface area (Å²) in [5.41, 5.74) is -0.670. The number of phenolic OH excluding ortho intramolecular Hbond substituents is 1. The van der Waals surface area contributed by atoms with E-state index in [4.69, 9.17) is 15.9 Å². The van der Waals surface area contributed by atoms with E-state index in [0.717, 1.165) is 10.5 Å². The van der Waals surface area contributed by atoms with Crippen LogP contribution in [0.3, 0.4) is 0 Å². The zero-order valence-electron chi connectivity index (χ0n) is 23.7. The Balaban J connectivity index is 2.39. The average Bonchev–Trinajstić information content (AvgIpc) is 2.83. The number of rotatable bonds is 9. The van der Waals surface area contributed by atoms with Crippen molar-refractivity contribution in [3.8, 4) is 18.2 Å². The van der Waals surface area contributed by atoms with E-state index in [9.17, 15) is 24.3 Å². The van der Waals surface area contributed by atoms with E-state index in [2.05, 4.69) is 16.7 Å². The Morgan fingerprint density at radius 2 is 1.57 bits per heavy atom. The summed E-state index contributed by atoms with van der Waals surface area (Å²) in [4.78, 5) is 52.9. The van der Waals surface area contributed by atoms with Crippen molar-refractivity contribution in [3.05, 3.63) is 65.7 Å².